The van der Waals surface area contributed by atoms with Gasteiger partial charge in [-0.05, 0) is 35.7 Å². The second kappa shape index (κ2) is 8.24. The Labute approximate surface area is 168 Å². The highest BCUT2D eigenvalue weighted by atomic mass is 35.5. The van der Waals surface area contributed by atoms with Crippen molar-refractivity contribution in [2.24, 2.45) is 11.8 Å². The third-order valence-electron chi connectivity index (χ3n) is 5.42. The van der Waals surface area contributed by atoms with Crippen LogP contribution in [0.4, 0.5) is 4.39 Å². The lowest BCUT2D eigenvalue weighted by molar-refractivity contribution is 0.0598. The van der Waals surface area contributed by atoms with E-state index >= 15 is 0 Å². The molecule has 0 saturated carbocycles. The van der Waals surface area contributed by atoms with Crippen LogP contribution in [-0.4, -0.2) is 48.5 Å². The Kier molecular flexibility index (Phi) is 5.96. The van der Waals surface area contributed by atoms with E-state index in [2.05, 4.69) is 15.0 Å². The Morgan fingerprint density at radius 3 is 2.75 bits per heavy atom. The predicted octanol–water partition coefficient (Wildman–Crippen LogP) is 2.46. The van der Waals surface area contributed by atoms with Crippen LogP contribution in [-0.2, 0) is 4.74 Å². The fraction of sp³-hybridized carbons (Fsp3) is 0.350. The molecule has 1 aromatic heterocycles. The van der Waals surface area contributed by atoms with Crippen molar-refractivity contribution in [2.75, 3.05) is 26.7 Å². The Bertz CT molecular complexity index is 877. The minimum Gasteiger partial charge on any atom is -0.465 e. The molecule has 0 bridgehead atoms. The van der Waals surface area contributed by atoms with Gasteiger partial charge in [0.25, 0.3) is 5.91 Å². The number of carbonyl (C=O) groups is 2. The lowest BCUT2D eigenvalue weighted by atomic mass is 9.89. The van der Waals surface area contributed by atoms with Crippen molar-refractivity contribution in [2.45, 2.75) is 6.04 Å². The van der Waals surface area contributed by atoms with E-state index in [4.69, 9.17) is 0 Å². The molecule has 2 aliphatic rings. The lowest BCUT2D eigenvalue weighted by Gasteiger charge is -2.28. The van der Waals surface area contributed by atoms with E-state index in [9.17, 15) is 14.0 Å². The molecule has 3 heterocycles. The Balaban J connectivity index is 0.00000225. The zero-order chi connectivity index (χ0) is 19.0. The van der Waals surface area contributed by atoms with E-state index in [0.29, 0.717) is 18.0 Å². The van der Waals surface area contributed by atoms with Crippen LogP contribution in [0, 0.1) is 17.7 Å². The van der Waals surface area contributed by atoms with Crippen molar-refractivity contribution in [1.29, 1.82) is 0 Å². The van der Waals surface area contributed by atoms with E-state index in [1.54, 1.807) is 11.0 Å². The third-order valence-corrected chi connectivity index (χ3v) is 5.42. The molecule has 1 amide bonds. The number of benzene rings is 1. The molecule has 28 heavy (non-hydrogen) atoms. The summed E-state index contributed by atoms with van der Waals surface area (Å²) in [5.74, 6) is -0.451. The third kappa shape index (κ3) is 3.59. The summed E-state index contributed by atoms with van der Waals surface area (Å²) < 4.78 is 18.5. The number of halogens is 2. The lowest BCUT2D eigenvalue weighted by Crippen LogP contribution is -2.35. The number of nitrogens with one attached hydrogen (secondary N) is 1. The van der Waals surface area contributed by atoms with Gasteiger partial charge in [0.2, 0.25) is 0 Å². The van der Waals surface area contributed by atoms with Gasteiger partial charge in [0, 0.05) is 31.7 Å². The van der Waals surface area contributed by atoms with Crippen LogP contribution in [0.15, 0.2) is 42.6 Å². The van der Waals surface area contributed by atoms with E-state index in [1.807, 2.05) is 6.07 Å². The van der Waals surface area contributed by atoms with Gasteiger partial charge in [-0.25, -0.2) is 9.18 Å². The first-order valence-electron chi connectivity index (χ1n) is 8.90. The van der Waals surface area contributed by atoms with Gasteiger partial charge in [-0.3, -0.25) is 9.78 Å². The van der Waals surface area contributed by atoms with Crippen LogP contribution in [0.1, 0.15) is 32.5 Å². The first kappa shape index (κ1) is 20.2. The number of methoxy groups -OCH3 is 1. The average molecular weight is 406 g/mol. The SMILES string of the molecule is COC(=O)c1ccc(C(=O)N2C[C@@H]3CNC[C@@H]3[C@H]2c2cccc(F)c2)nc1.Cl. The summed E-state index contributed by atoms with van der Waals surface area (Å²) in [7, 11) is 1.29. The molecule has 2 aliphatic heterocycles. The molecule has 0 spiro atoms. The summed E-state index contributed by atoms with van der Waals surface area (Å²) in [5.41, 5.74) is 1.35. The van der Waals surface area contributed by atoms with Gasteiger partial charge >= 0.3 is 5.97 Å². The number of carbonyl (C=O) groups excluding carboxylic acids is 2. The minimum absolute atomic E-state index is 0. The number of rotatable bonds is 3. The van der Waals surface area contributed by atoms with Crippen molar-refractivity contribution >= 4 is 24.3 Å². The largest absolute Gasteiger partial charge is 0.465 e. The summed E-state index contributed by atoms with van der Waals surface area (Å²) in [6.45, 7) is 2.23. The minimum atomic E-state index is -0.499. The highest BCUT2D eigenvalue weighted by Gasteiger charge is 2.47. The molecular weight excluding hydrogens is 385 g/mol. The quantitative estimate of drug-likeness (QED) is 0.794. The zero-order valence-electron chi connectivity index (χ0n) is 15.3. The maximum absolute atomic E-state index is 13.8. The average Bonchev–Trinajstić information content (AvgIpc) is 3.28. The van der Waals surface area contributed by atoms with Gasteiger partial charge in [0.05, 0.1) is 18.7 Å². The molecule has 2 saturated heterocycles. The van der Waals surface area contributed by atoms with E-state index < -0.39 is 5.97 Å². The summed E-state index contributed by atoms with van der Waals surface area (Å²) in [6, 6.07) is 9.30. The number of nitrogens with zero attached hydrogens (tertiary/aromatic N) is 2. The Morgan fingerprint density at radius 1 is 1.25 bits per heavy atom. The van der Waals surface area contributed by atoms with E-state index in [-0.39, 0.29) is 41.8 Å². The van der Waals surface area contributed by atoms with E-state index in [1.165, 1.54) is 37.6 Å². The molecule has 148 valence electrons. The highest BCUT2D eigenvalue weighted by molar-refractivity contribution is 5.94. The molecule has 2 fully saturated rings. The number of hydrogen-bond donors (Lipinski definition) is 1. The first-order valence-corrected chi connectivity index (χ1v) is 8.90. The van der Waals surface area contributed by atoms with Crippen LogP contribution in [0.3, 0.4) is 0 Å². The maximum atomic E-state index is 13.8. The summed E-state index contributed by atoms with van der Waals surface area (Å²) in [5, 5.41) is 3.37. The number of aromatic nitrogens is 1. The van der Waals surface area contributed by atoms with Crippen LogP contribution in [0.5, 0.6) is 0 Å². The first-order chi connectivity index (χ1) is 13.1. The number of likely N-dealkylation sites (tertiary alicyclic amines) is 1. The molecule has 8 heteroatoms. The van der Waals surface area contributed by atoms with Gasteiger partial charge in [0.1, 0.15) is 11.5 Å². The monoisotopic (exact) mass is 405 g/mol. The van der Waals surface area contributed by atoms with Gasteiger partial charge in [-0.15, -0.1) is 12.4 Å². The second-order valence-electron chi connectivity index (χ2n) is 6.96. The Hall–Kier alpha value is -2.51. The molecule has 0 unspecified atom stereocenters. The van der Waals surface area contributed by atoms with E-state index in [0.717, 1.165) is 18.7 Å². The van der Waals surface area contributed by atoms with Crippen molar-refractivity contribution in [3.05, 3.63) is 65.2 Å². The van der Waals surface area contributed by atoms with Crippen molar-refractivity contribution in [3.8, 4) is 0 Å². The molecule has 0 radical (unpaired) electrons. The van der Waals surface area contributed by atoms with Gasteiger partial charge in [-0.1, -0.05) is 12.1 Å². The van der Waals surface area contributed by atoms with Crippen molar-refractivity contribution in [1.82, 2.24) is 15.2 Å². The molecule has 4 rings (SSSR count). The summed E-state index contributed by atoms with van der Waals surface area (Å²) >= 11 is 0. The van der Waals surface area contributed by atoms with Crippen LogP contribution >= 0.6 is 12.4 Å². The number of pyridine rings is 1. The van der Waals surface area contributed by atoms with Crippen LogP contribution < -0.4 is 5.32 Å². The molecule has 0 aliphatic carbocycles. The fourth-order valence-electron chi connectivity index (χ4n) is 4.15. The zero-order valence-corrected chi connectivity index (χ0v) is 16.1. The molecule has 2 aromatic rings. The van der Waals surface area contributed by atoms with Crippen molar-refractivity contribution < 1.29 is 18.7 Å². The number of hydrogen-bond acceptors (Lipinski definition) is 5. The molecule has 1 N–H and O–H groups in total. The van der Waals surface area contributed by atoms with Crippen molar-refractivity contribution in [3.63, 3.8) is 0 Å². The molecule has 1 aromatic carbocycles. The number of esters is 1. The smallest absolute Gasteiger partial charge is 0.339 e. The summed E-state index contributed by atoms with van der Waals surface area (Å²) in [6.07, 6.45) is 1.34. The van der Waals surface area contributed by atoms with Crippen LogP contribution in [0.25, 0.3) is 0 Å². The standard InChI is InChI=1S/C20H20FN3O3.ClH/c1-27-20(26)13-5-6-17(23-9-13)19(25)24-11-14-8-22-10-16(14)18(24)12-3-2-4-15(21)7-12;/h2-7,9,14,16,18,22H,8,10-11H2,1H3;1H/t14-,16-,18+;/m0./s1. The maximum Gasteiger partial charge on any atom is 0.339 e. The molecule has 3 atom stereocenters. The normalized spacial score (nSPS) is 23.1. The number of amides is 1. The van der Waals surface area contributed by atoms with Gasteiger partial charge < -0.3 is 15.0 Å². The predicted molar refractivity (Wildman–Crippen MR) is 103 cm³/mol. The van der Waals surface area contributed by atoms with Gasteiger partial charge in [0.15, 0.2) is 0 Å². The Morgan fingerprint density at radius 2 is 2.07 bits per heavy atom. The highest BCUT2D eigenvalue weighted by Crippen LogP contribution is 2.43. The van der Waals surface area contributed by atoms with Gasteiger partial charge in [-0.2, -0.15) is 0 Å². The van der Waals surface area contributed by atoms with Crippen LogP contribution in [0.2, 0.25) is 0 Å². The molecular formula is C20H21ClFN3O3. The fourth-order valence-corrected chi connectivity index (χ4v) is 4.15. The molecule has 6 nitrogen and oxygen atoms in total. The number of ether oxygens (including phenoxy) is 1. The second-order valence-corrected chi connectivity index (χ2v) is 6.96. The number of fused-ring (bicyclic) bond motifs is 1. The topological polar surface area (TPSA) is 71.5 Å². The summed E-state index contributed by atoms with van der Waals surface area (Å²) in [4.78, 5) is 30.6.